The third kappa shape index (κ3) is 8.39. The molecule has 3 N–H and O–H groups in total. The van der Waals surface area contributed by atoms with Crippen LogP contribution in [0.15, 0.2) is 24.8 Å². The monoisotopic (exact) mass is 380 g/mol. The summed E-state index contributed by atoms with van der Waals surface area (Å²) in [5.74, 6) is -1.08. The second-order valence-electron chi connectivity index (χ2n) is 7.82. The van der Waals surface area contributed by atoms with Gasteiger partial charge in [-0.15, -0.1) is 6.58 Å². The number of hydrogen-bond acceptors (Lipinski definition) is 4. The lowest BCUT2D eigenvalue weighted by Gasteiger charge is -2.23. The number of hydrogen-bond donors (Lipinski definition) is 3. The highest BCUT2D eigenvalue weighted by Gasteiger charge is 2.39. The fraction of sp³-hybridized carbons (Fsp3) is 0.727. The van der Waals surface area contributed by atoms with Crippen molar-refractivity contribution in [1.29, 1.82) is 0 Å². The molecule has 0 spiro atoms. The summed E-state index contributed by atoms with van der Waals surface area (Å²) in [6.07, 6.45) is 12.1. The molecule has 0 aromatic heterocycles. The Bertz CT molecular complexity index is 513. The van der Waals surface area contributed by atoms with Crippen LogP contribution in [0.25, 0.3) is 0 Å². The standard InChI is InChI=1S/C22H36O5/c1-3-5-14-22(27,4-2)15-10-12-18-17(19(23)16-20(18)24)11-8-6-7-9-13-21(25)26/h4,10,12,17-19,23,27H,2-3,5-9,11,13-16H2,1H3,(H,25,26)/t17-,18-,19+,22?/m1/s1. The van der Waals surface area contributed by atoms with Crippen molar-refractivity contribution in [3.63, 3.8) is 0 Å². The van der Waals surface area contributed by atoms with Crippen LogP contribution in [0.1, 0.15) is 77.6 Å². The van der Waals surface area contributed by atoms with E-state index in [-0.39, 0.29) is 30.5 Å². The molecular formula is C22H36O5. The molecule has 1 fully saturated rings. The molecule has 27 heavy (non-hydrogen) atoms. The quantitative estimate of drug-likeness (QED) is 0.312. The average molecular weight is 381 g/mol. The summed E-state index contributed by atoms with van der Waals surface area (Å²) < 4.78 is 0. The van der Waals surface area contributed by atoms with Gasteiger partial charge in [-0.2, -0.15) is 0 Å². The number of unbranched alkanes of at least 4 members (excludes halogenated alkanes) is 4. The first-order valence-corrected chi connectivity index (χ1v) is 10.3. The molecule has 154 valence electrons. The van der Waals surface area contributed by atoms with Gasteiger partial charge in [0.1, 0.15) is 5.78 Å². The highest BCUT2D eigenvalue weighted by molar-refractivity contribution is 5.85. The Morgan fingerprint density at radius 2 is 1.96 bits per heavy atom. The fourth-order valence-corrected chi connectivity index (χ4v) is 3.79. The van der Waals surface area contributed by atoms with E-state index in [4.69, 9.17) is 5.11 Å². The van der Waals surface area contributed by atoms with Crippen LogP contribution in [0.2, 0.25) is 0 Å². The highest BCUT2D eigenvalue weighted by Crippen LogP contribution is 2.35. The zero-order chi connectivity index (χ0) is 20.3. The van der Waals surface area contributed by atoms with Crippen LogP contribution in [0.5, 0.6) is 0 Å². The number of carbonyl (C=O) groups is 2. The molecule has 1 unspecified atom stereocenters. The predicted octanol–water partition coefficient (Wildman–Crippen LogP) is 4.03. The van der Waals surface area contributed by atoms with Gasteiger partial charge in [0.2, 0.25) is 0 Å². The zero-order valence-electron chi connectivity index (χ0n) is 16.6. The number of aliphatic carboxylic acids is 1. The topological polar surface area (TPSA) is 94.8 Å². The van der Waals surface area contributed by atoms with Crippen LogP contribution in [0.4, 0.5) is 0 Å². The van der Waals surface area contributed by atoms with E-state index in [1.165, 1.54) is 0 Å². The number of carboxylic acids is 1. The first-order valence-electron chi connectivity index (χ1n) is 10.3. The number of aliphatic hydroxyl groups is 2. The van der Waals surface area contributed by atoms with E-state index >= 15 is 0 Å². The van der Waals surface area contributed by atoms with Gasteiger partial charge in [0, 0.05) is 18.8 Å². The molecule has 1 aliphatic carbocycles. The van der Waals surface area contributed by atoms with Gasteiger partial charge in [-0.3, -0.25) is 9.59 Å². The van der Waals surface area contributed by atoms with E-state index in [1.54, 1.807) is 6.08 Å². The SMILES string of the molecule is C=CC(O)(CC=C[C@H]1C(=O)C[C@H](O)[C@@H]1CCCCCCC(=O)O)CCCC. The van der Waals surface area contributed by atoms with Crippen molar-refractivity contribution < 1.29 is 24.9 Å². The summed E-state index contributed by atoms with van der Waals surface area (Å²) in [4.78, 5) is 22.8. The molecule has 1 saturated carbocycles. The highest BCUT2D eigenvalue weighted by atomic mass is 16.4. The summed E-state index contributed by atoms with van der Waals surface area (Å²) in [6.45, 7) is 5.80. The number of carboxylic acid groups (broad SMARTS) is 1. The first kappa shape index (κ1) is 23.6. The molecule has 5 heteroatoms. The second-order valence-corrected chi connectivity index (χ2v) is 7.82. The third-order valence-electron chi connectivity index (χ3n) is 5.57. The van der Waals surface area contributed by atoms with E-state index in [2.05, 4.69) is 13.5 Å². The Kier molecular flexibility index (Phi) is 10.6. The molecule has 4 atom stereocenters. The Hall–Kier alpha value is -1.46. The maximum absolute atomic E-state index is 12.2. The van der Waals surface area contributed by atoms with Crippen molar-refractivity contribution in [3.05, 3.63) is 24.8 Å². The minimum absolute atomic E-state index is 0.0605. The van der Waals surface area contributed by atoms with Crippen LogP contribution in [0, 0.1) is 11.8 Å². The average Bonchev–Trinajstić information content (AvgIpc) is 2.89. The zero-order valence-corrected chi connectivity index (χ0v) is 16.6. The molecule has 1 aliphatic rings. The van der Waals surface area contributed by atoms with E-state index in [1.807, 2.05) is 12.2 Å². The molecule has 1 rings (SSSR count). The summed E-state index contributed by atoms with van der Waals surface area (Å²) in [5, 5.41) is 29.4. The molecule has 0 saturated heterocycles. The molecule has 5 nitrogen and oxygen atoms in total. The molecule has 0 bridgehead atoms. The molecule has 0 heterocycles. The number of allylic oxidation sites excluding steroid dienone is 1. The molecule has 0 aliphatic heterocycles. The van der Waals surface area contributed by atoms with Gasteiger partial charge >= 0.3 is 5.97 Å². The van der Waals surface area contributed by atoms with Crippen molar-refractivity contribution in [2.45, 2.75) is 89.3 Å². The van der Waals surface area contributed by atoms with Crippen molar-refractivity contribution >= 4 is 11.8 Å². The first-order chi connectivity index (χ1) is 12.8. The fourth-order valence-electron chi connectivity index (χ4n) is 3.79. The summed E-state index contributed by atoms with van der Waals surface area (Å²) in [6, 6.07) is 0. The number of carbonyl (C=O) groups excluding carboxylic acids is 1. The lowest BCUT2D eigenvalue weighted by molar-refractivity contribution is -0.137. The second kappa shape index (κ2) is 12.1. The predicted molar refractivity (Wildman–Crippen MR) is 106 cm³/mol. The largest absolute Gasteiger partial charge is 0.481 e. The Labute approximate surface area is 163 Å². The van der Waals surface area contributed by atoms with Crippen molar-refractivity contribution in [2.75, 3.05) is 0 Å². The van der Waals surface area contributed by atoms with Gasteiger partial charge in [0.15, 0.2) is 0 Å². The smallest absolute Gasteiger partial charge is 0.303 e. The van der Waals surface area contributed by atoms with Gasteiger partial charge in [-0.25, -0.2) is 0 Å². The lowest BCUT2D eigenvalue weighted by Crippen LogP contribution is -2.24. The van der Waals surface area contributed by atoms with Gasteiger partial charge in [-0.05, 0) is 31.6 Å². The van der Waals surface area contributed by atoms with Crippen molar-refractivity contribution in [2.24, 2.45) is 11.8 Å². The maximum Gasteiger partial charge on any atom is 0.303 e. The molecule has 0 aromatic rings. The minimum atomic E-state index is -0.938. The van der Waals surface area contributed by atoms with Gasteiger partial charge < -0.3 is 15.3 Å². The van der Waals surface area contributed by atoms with Gasteiger partial charge in [-0.1, -0.05) is 57.3 Å². The maximum atomic E-state index is 12.2. The van der Waals surface area contributed by atoms with Gasteiger partial charge in [0.25, 0.3) is 0 Å². The van der Waals surface area contributed by atoms with Crippen LogP contribution >= 0.6 is 0 Å². The van der Waals surface area contributed by atoms with E-state index < -0.39 is 17.7 Å². The summed E-state index contributed by atoms with van der Waals surface area (Å²) >= 11 is 0. The molecule has 0 aromatic carbocycles. The molecule has 0 amide bonds. The van der Waals surface area contributed by atoms with Crippen LogP contribution in [0.3, 0.4) is 0 Å². The minimum Gasteiger partial charge on any atom is -0.481 e. The number of rotatable bonds is 14. The number of Topliss-reactive ketones (excluding diaryl/α,β-unsaturated/α-hetero) is 1. The van der Waals surface area contributed by atoms with Crippen molar-refractivity contribution in [3.8, 4) is 0 Å². The summed E-state index contributed by atoms with van der Waals surface area (Å²) in [7, 11) is 0. The molecule has 0 radical (unpaired) electrons. The Morgan fingerprint density at radius 1 is 1.26 bits per heavy atom. The Morgan fingerprint density at radius 3 is 2.59 bits per heavy atom. The third-order valence-corrected chi connectivity index (χ3v) is 5.57. The lowest BCUT2D eigenvalue weighted by atomic mass is 9.87. The Balaban J connectivity index is 2.51. The van der Waals surface area contributed by atoms with E-state index in [0.29, 0.717) is 19.3 Å². The normalized spacial score (nSPS) is 25.0. The summed E-state index contributed by atoms with van der Waals surface area (Å²) in [5.41, 5.74) is -0.938. The van der Waals surface area contributed by atoms with Crippen molar-refractivity contribution in [1.82, 2.24) is 0 Å². The van der Waals surface area contributed by atoms with Crippen LogP contribution in [-0.4, -0.2) is 38.8 Å². The number of ketones is 1. The van der Waals surface area contributed by atoms with Crippen LogP contribution in [-0.2, 0) is 9.59 Å². The van der Waals surface area contributed by atoms with E-state index in [9.17, 15) is 19.8 Å². The molecular weight excluding hydrogens is 344 g/mol. The van der Waals surface area contributed by atoms with Gasteiger partial charge in [0.05, 0.1) is 11.7 Å². The van der Waals surface area contributed by atoms with Crippen LogP contribution < -0.4 is 0 Å². The van der Waals surface area contributed by atoms with E-state index in [0.717, 1.165) is 38.5 Å². The number of aliphatic hydroxyl groups excluding tert-OH is 1.